The molecule has 2 saturated heterocycles. The van der Waals surface area contributed by atoms with Gasteiger partial charge in [0.1, 0.15) is 0 Å². The Morgan fingerprint density at radius 2 is 2.17 bits per heavy atom. The molecule has 0 spiro atoms. The van der Waals surface area contributed by atoms with Gasteiger partial charge in [-0.2, -0.15) is 0 Å². The first-order valence-corrected chi connectivity index (χ1v) is 7.90. The van der Waals surface area contributed by atoms with Gasteiger partial charge in [0, 0.05) is 42.4 Å². The van der Waals surface area contributed by atoms with Crippen LogP contribution in [0.3, 0.4) is 0 Å². The third kappa shape index (κ3) is 2.32. The first-order valence-electron chi connectivity index (χ1n) is 7.90. The number of amides is 4. The SMILES string of the molecule is O=C1C[C@H]2[C@H](CCCN2C(=O)Nc2cccc3c2CNC3=O)N1. The fraction of sp³-hybridized carbons (Fsp3) is 0.438. The quantitative estimate of drug-likeness (QED) is 0.716. The average molecular weight is 314 g/mol. The van der Waals surface area contributed by atoms with Gasteiger partial charge in [0.05, 0.1) is 6.04 Å². The van der Waals surface area contributed by atoms with Gasteiger partial charge in [-0.05, 0) is 25.0 Å². The minimum atomic E-state index is -0.205. The molecule has 4 rings (SSSR count). The molecular formula is C16H18N4O3. The maximum absolute atomic E-state index is 12.7. The van der Waals surface area contributed by atoms with E-state index in [0.717, 1.165) is 18.4 Å². The number of rotatable bonds is 1. The van der Waals surface area contributed by atoms with E-state index < -0.39 is 0 Å². The number of carbonyl (C=O) groups excluding carboxylic acids is 3. The van der Waals surface area contributed by atoms with Crippen LogP contribution in [0.5, 0.6) is 0 Å². The summed E-state index contributed by atoms with van der Waals surface area (Å²) in [7, 11) is 0. The van der Waals surface area contributed by atoms with Crippen molar-refractivity contribution in [2.45, 2.75) is 37.9 Å². The molecule has 1 aromatic rings. The Morgan fingerprint density at radius 3 is 3.04 bits per heavy atom. The highest BCUT2D eigenvalue weighted by Crippen LogP contribution is 2.28. The Kier molecular flexibility index (Phi) is 3.21. The second-order valence-electron chi connectivity index (χ2n) is 6.23. The number of likely N-dealkylation sites (tertiary alicyclic amines) is 1. The van der Waals surface area contributed by atoms with Crippen LogP contribution in [0.4, 0.5) is 10.5 Å². The van der Waals surface area contributed by atoms with E-state index in [9.17, 15) is 14.4 Å². The molecule has 0 bridgehead atoms. The number of benzene rings is 1. The molecular weight excluding hydrogens is 296 g/mol. The van der Waals surface area contributed by atoms with Crippen molar-refractivity contribution in [3.8, 4) is 0 Å². The molecule has 2 fully saturated rings. The minimum absolute atomic E-state index is 0.00935. The van der Waals surface area contributed by atoms with E-state index in [2.05, 4.69) is 16.0 Å². The van der Waals surface area contributed by atoms with Crippen molar-refractivity contribution in [1.29, 1.82) is 0 Å². The van der Waals surface area contributed by atoms with Crippen LogP contribution in [0.2, 0.25) is 0 Å². The van der Waals surface area contributed by atoms with Gasteiger partial charge in [0.2, 0.25) is 5.91 Å². The number of fused-ring (bicyclic) bond motifs is 2. The lowest BCUT2D eigenvalue weighted by Gasteiger charge is -2.36. The molecule has 7 heteroatoms. The van der Waals surface area contributed by atoms with Crippen molar-refractivity contribution >= 4 is 23.5 Å². The molecule has 0 aliphatic carbocycles. The highest BCUT2D eigenvalue weighted by Gasteiger charge is 2.41. The van der Waals surface area contributed by atoms with E-state index in [1.807, 2.05) is 0 Å². The lowest BCUT2D eigenvalue weighted by Crippen LogP contribution is -2.52. The molecule has 120 valence electrons. The maximum Gasteiger partial charge on any atom is 0.322 e. The fourth-order valence-corrected chi connectivity index (χ4v) is 3.74. The van der Waals surface area contributed by atoms with E-state index in [-0.39, 0.29) is 29.9 Å². The molecule has 0 aromatic heterocycles. The van der Waals surface area contributed by atoms with Gasteiger partial charge in [-0.25, -0.2) is 4.79 Å². The summed E-state index contributed by atoms with van der Waals surface area (Å²) in [6.07, 6.45) is 2.16. The number of hydrogen-bond acceptors (Lipinski definition) is 3. The molecule has 3 aliphatic heterocycles. The van der Waals surface area contributed by atoms with Crippen molar-refractivity contribution < 1.29 is 14.4 Å². The highest BCUT2D eigenvalue weighted by molar-refractivity contribution is 6.02. The molecule has 0 unspecified atom stereocenters. The van der Waals surface area contributed by atoms with Crippen molar-refractivity contribution in [2.24, 2.45) is 0 Å². The lowest BCUT2D eigenvalue weighted by molar-refractivity contribution is -0.119. The van der Waals surface area contributed by atoms with Crippen LogP contribution in [0, 0.1) is 0 Å². The first kappa shape index (κ1) is 14.0. The summed E-state index contributed by atoms with van der Waals surface area (Å²) < 4.78 is 0. The second-order valence-corrected chi connectivity index (χ2v) is 6.23. The predicted octanol–water partition coefficient (Wildman–Crippen LogP) is 0.815. The molecule has 3 N–H and O–H groups in total. The monoisotopic (exact) mass is 314 g/mol. The summed E-state index contributed by atoms with van der Waals surface area (Å²) in [5.74, 6) is -0.102. The summed E-state index contributed by atoms with van der Waals surface area (Å²) in [5, 5.41) is 8.61. The molecule has 2 atom stereocenters. The predicted molar refractivity (Wildman–Crippen MR) is 82.9 cm³/mol. The van der Waals surface area contributed by atoms with Gasteiger partial charge < -0.3 is 20.9 Å². The van der Waals surface area contributed by atoms with Gasteiger partial charge in [-0.1, -0.05) is 6.07 Å². The number of anilines is 1. The number of piperidine rings is 1. The molecule has 3 aliphatic rings. The summed E-state index contributed by atoms with van der Waals surface area (Å²) in [5.41, 5.74) is 2.09. The number of urea groups is 1. The Morgan fingerprint density at radius 1 is 1.30 bits per heavy atom. The van der Waals surface area contributed by atoms with Crippen LogP contribution < -0.4 is 16.0 Å². The topological polar surface area (TPSA) is 90.5 Å². The van der Waals surface area contributed by atoms with Crippen LogP contribution in [0.15, 0.2) is 18.2 Å². The van der Waals surface area contributed by atoms with Crippen LogP contribution in [-0.2, 0) is 11.3 Å². The van der Waals surface area contributed by atoms with Crippen LogP contribution >= 0.6 is 0 Å². The lowest BCUT2D eigenvalue weighted by atomic mass is 9.98. The Labute approximate surface area is 133 Å². The van der Waals surface area contributed by atoms with E-state index in [4.69, 9.17) is 0 Å². The van der Waals surface area contributed by atoms with Gasteiger partial charge in [0.25, 0.3) is 5.91 Å². The minimum Gasteiger partial charge on any atom is -0.351 e. The average Bonchev–Trinajstić information content (AvgIpc) is 3.10. The zero-order valence-corrected chi connectivity index (χ0v) is 12.6. The van der Waals surface area contributed by atoms with E-state index in [1.54, 1.807) is 23.1 Å². The third-order valence-electron chi connectivity index (χ3n) is 4.87. The number of nitrogens with one attached hydrogen (secondary N) is 3. The zero-order chi connectivity index (χ0) is 16.0. The molecule has 0 saturated carbocycles. The zero-order valence-electron chi connectivity index (χ0n) is 12.6. The summed E-state index contributed by atoms with van der Waals surface area (Å²) >= 11 is 0. The van der Waals surface area contributed by atoms with Crippen molar-refractivity contribution in [2.75, 3.05) is 11.9 Å². The van der Waals surface area contributed by atoms with Gasteiger partial charge in [0.15, 0.2) is 0 Å². The Bertz CT molecular complexity index is 703. The fourth-order valence-electron chi connectivity index (χ4n) is 3.74. The van der Waals surface area contributed by atoms with Crippen LogP contribution in [-0.4, -0.2) is 41.4 Å². The van der Waals surface area contributed by atoms with Gasteiger partial charge >= 0.3 is 6.03 Å². The Balaban J connectivity index is 1.54. The van der Waals surface area contributed by atoms with E-state index in [1.165, 1.54) is 0 Å². The summed E-state index contributed by atoms with van der Waals surface area (Å²) in [6.45, 7) is 1.07. The van der Waals surface area contributed by atoms with Crippen molar-refractivity contribution in [1.82, 2.24) is 15.5 Å². The van der Waals surface area contributed by atoms with E-state index in [0.29, 0.717) is 30.8 Å². The standard InChI is InChI=1S/C16H18N4O3/c21-14-7-13-12(18-14)5-2-6-20(13)16(23)19-11-4-1-3-9-10(11)8-17-15(9)22/h1,3-4,12-13H,2,5-8H2,(H,17,22)(H,18,21)(H,19,23)/t12-,13-/m0/s1. The summed E-state index contributed by atoms with van der Waals surface area (Å²) in [4.78, 5) is 37.7. The second kappa shape index (κ2) is 5.26. The maximum atomic E-state index is 12.7. The summed E-state index contributed by atoms with van der Waals surface area (Å²) in [6, 6.07) is 5.10. The van der Waals surface area contributed by atoms with Gasteiger partial charge in [-0.15, -0.1) is 0 Å². The van der Waals surface area contributed by atoms with Crippen molar-refractivity contribution in [3.05, 3.63) is 29.3 Å². The molecule has 4 amide bonds. The number of nitrogens with zero attached hydrogens (tertiary/aromatic N) is 1. The molecule has 0 radical (unpaired) electrons. The first-order chi connectivity index (χ1) is 11.1. The molecule has 7 nitrogen and oxygen atoms in total. The van der Waals surface area contributed by atoms with Crippen LogP contribution in [0.25, 0.3) is 0 Å². The molecule has 23 heavy (non-hydrogen) atoms. The van der Waals surface area contributed by atoms with Crippen molar-refractivity contribution in [3.63, 3.8) is 0 Å². The molecule has 1 aromatic carbocycles. The largest absolute Gasteiger partial charge is 0.351 e. The third-order valence-corrected chi connectivity index (χ3v) is 4.87. The highest BCUT2D eigenvalue weighted by atomic mass is 16.2. The normalized spacial score (nSPS) is 25.5. The van der Waals surface area contributed by atoms with Gasteiger partial charge in [-0.3, -0.25) is 9.59 Å². The number of carbonyl (C=O) groups is 3. The van der Waals surface area contributed by atoms with Crippen LogP contribution in [0.1, 0.15) is 35.2 Å². The number of hydrogen-bond donors (Lipinski definition) is 3. The smallest absolute Gasteiger partial charge is 0.322 e. The van der Waals surface area contributed by atoms with E-state index >= 15 is 0 Å². The Hall–Kier alpha value is -2.57. The molecule has 3 heterocycles.